The minimum Gasteiger partial charge on any atom is -0.481 e. The predicted molar refractivity (Wildman–Crippen MR) is 83.5 cm³/mol. The van der Waals surface area contributed by atoms with E-state index in [2.05, 4.69) is 20.7 Å². The van der Waals surface area contributed by atoms with Crippen molar-refractivity contribution in [2.45, 2.75) is 32.4 Å². The van der Waals surface area contributed by atoms with Gasteiger partial charge in [-0.3, -0.25) is 9.69 Å². The molecule has 126 valence electrons. The number of nitrogens with zero attached hydrogens (tertiary/aromatic N) is 1. The molecule has 0 bridgehead atoms. The monoisotopic (exact) mass is 389 g/mol. The molecule has 7 heteroatoms. The van der Waals surface area contributed by atoms with Gasteiger partial charge in [-0.25, -0.2) is 0 Å². The summed E-state index contributed by atoms with van der Waals surface area (Å²) in [5, 5.41) is 9.62. The van der Waals surface area contributed by atoms with Gasteiger partial charge in [-0.05, 0) is 37.0 Å². The van der Waals surface area contributed by atoms with Crippen molar-refractivity contribution in [3.05, 3.63) is 28.2 Å². The van der Waals surface area contributed by atoms with Crippen molar-refractivity contribution < 1.29 is 23.4 Å². The van der Waals surface area contributed by atoms with Gasteiger partial charge in [0.25, 0.3) is 0 Å². The number of carboxylic acids is 1. The largest absolute Gasteiger partial charge is 0.481 e. The van der Waals surface area contributed by atoms with Gasteiger partial charge >= 0.3 is 12.6 Å². The van der Waals surface area contributed by atoms with E-state index in [4.69, 9.17) is 0 Å². The lowest BCUT2D eigenvalue weighted by molar-refractivity contribution is -0.149. The van der Waals surface area contributed by atoms with E-state index in [0.717, 1.165) is 17.3 Å². The lowest BCUT2D eigenvalue weighted by Gasteiger charge is -2.24. The van der Waals surface area contributed by atoms with E-state index in [0.29, 0.717) is 31.6 Å². The molecule has 0 amide bonds. The number of carbonyl (C=O) groups is 1. The van der Waals surface area contributed by atoms with Crippen molar-refractivity contribution in [1.82, 2.24) is 4.90 Å². The SMILES string of the molecule is O=C(O)[C@@]12CCC[C@H]1CN(Cc1cc(Br)ccc1OC(F)F)C2. The first-order chi connectivity index (χ1) is 10.9. The Labute approximate surface area is 141 Å². The van der Waals surface area contributed by atoms with Gasteiger partial charge in [0, 0.05) is 29.7 Å². The van der Waals surface area contributed by atoms with Crippen molar-refractivity contribution in [2.24, 2.45) is 11.3 Å². The first-order valence-corrected chi connectivity index (χ1v) is 8.39. The van der Waals surface area contributed by atoms with Gasteiger partial charge in [0.1, 0.15) is 5.75 Å². The van der Waals surface area contributed by atoms with Crippen LogP contribution >= 0.6 is 15.9 Å². The van der Waals surface area contributed by atoms with E-state index in [1.807, 2.05) is 4.90 Å². The first-order valence-electron chi connectivity index (χ1n) is 7.60. The first kappa shape index (κ1) is 16.6. The third-order valence-electron chi connectivity index (χ3n) is 5.00. The highest BCUT2D eigenvalue weighted by Crippen LogP contribution is 2.49. The number of likely N-dealkylation sites (tertiary alicyclic amines) is 1. The fourth-order valence-corrected chi connectivity index (χ4v) is 4.40. The van der Waals surface area contributed by atoms with E-state index in [9.17, 15) is 18.7 Å². The average molecular weight is 390 g/mol. The molecule has 1 aliphatic carbocycles. The van der Waals surface area contributed by atoms with Crippen LogP contribution in [0.2, 0.25) is 0 Å². The van der Waals surface area contributed by atoms with Gasteiger partial charge in [0.2, 0.25) is 0 Å². The topological polar surface area (TPSA) is 49.8 Å². The summed E-state index contributed by atoms with van der Waals surface area (Å²) in [4.78, 5) is 13.8. The smallest absolute Gasteiger partial charge is 0.387 e. The van der Waals surface area contributed by atoms with Gasteiger partial charge in [-0.1, -0.05) is 22.4 Å². The van der Waals surface area contributed by atoms with Crippen LogP contribution in [0.5, 0.6) is 5.75 Å². The second-order valence-electron chi connectivity index (χ2n) is 6.35. The fourth-order valence-electron chi connectivity index (χ4n) is 3.99. The standard InChI is InChI=1S/C16H18BrF2NO3/c17-12-3-4-13(23-15(18)19)10(6-12)7-20-8-11-2-1-5-16(11,9-20)14(21)22/h3-4,6,11,15H,1-2,5,7-9H2,(H,21,22)/t11-,16+/m0/s1. The normalized spacial score (nSPS) is 27.4. The molecule has 2 aliphatic rings. The molecule has 3 rings (SSSR count). The molecule has 1 N–H and O–H groups in total. The molecule has 2 atom stereocenters. The molecule has 1 saturated heterocycles. The molecule has 1 aromatic carbocycles. The molecule has 1 saturated carbocycles. The lowest BCUT2D eigenvalue weighted by atomic mass is 9.81. The highest BCUT2D eigenvalue weighted by molar-refractivity contribution is 9.10. The van der Waals surface area contributed by atoms with Gasteiger partial charge < -0.3 is 9.84 Å². The summed E-state index contributed by atoms with van der Waals surface area (Å²) in [6.45, 7) is -1.31. The van der Waals surface area contributed by atoms with Crippen LogP contribution in [0.15, 0.2) is 22.7 Å². The molecule has 1 aliphatic heterocycles. The third-order valence-corrected chi connectivity index (χ3v) is 5.49. The van der Waals surface area contributed by atoms with Crippen molar-refractivity contribution in [3.8, 4) is 5.75 Å². The molecule has 0 aromatic heterocycles. The number of fused-ring (bicyclic) bond motifs is 1. The second kappa shape index (κ2) is 6.36. The van der Waals surface area contributed by atoms with Gasteiger partial charge in [0.05, 0.1) is 5.41 Å². The fraction of sp³-hybridized carbons (Fsp3) is 0.562. The van der Waals surface area contributed by atoms with Crippen LogP contribution in [0.3, 0.4) is 0 Å². The maximum atomic E-state index is 12.5. The molecule has 0 radical (unpaired) electrons. The summed E-state index contributed by atoms with van der Waals surface area (Å²) in [7, 11) is 0. The van der Waals surface area contributed by atoms with Gasteiger partial charge in [-0.2, -0.15) is 8.78 Å². The zero-order valence-corrected chi connectivity index (χ0v) is 14.1. The Morgan fingerprint density at radius 2 is 2.30 bits per heavy atom. The number of hydrogen-bond donors (Lipinski definition) is 1. The predicted octanol–water partition coefficient (Wildman–Crippen LogP) is 3.74. The zero-order chi connectivity index (χ0) is 16.6. The zero-order valence-electron chi connectivity index (χ0n) is 12.5. The third kappa shape index (κ3) is 3.21. The minimum atomic E-state index is -2.88. The van der Waals surface area contributed by atoms with E-state index >= 15 is 0 Å². The molecule has 23 heavy (non-hydrogen) atoms. The molecule has 1 aromatic rings. The van der Waals surface area contributed by atoms with Crippen LogP contribution in [-0.4, -0.2) is 35.7 Å². The highest BCUT2D eigenvalue weighted by atomic mass is 79.9. The Bertz CT molecular complexity index is 613. The molecular formula is C16H18BrF2NO3. The van der Waals surface area contributed by atoms with Crippen LogP contribution in [0.4, 0.5) is 8.78 Å². The van der Waals surface area contributed by atoms with Crippen LogP contribution in [0.1, 0.15) is 24.8 Å². The summed E-state index contributed by atoms with van der Waals surface area (Å²) in [6.07, 6.45) is 2.56. The average Bonchev–Trinajstić information content (AvgIpc) is 2.99. The quantitative estimate of drug-likeness (QED) is 0.833. The number of hydrogen-bond acceptors (Lipinski definition) is 3. The summed E-state index contributed by atoms with van der Waals surface area (Å²) in [6, 6.07) is 4.91. The summed E-state index contributed by atoms with van der Waals surface area (Å²) < 4.78 is 30.4. The van der Waals surface area contributed by atoms with E-state index in [-0.39, 0.29) is 11.7 Å². The van der Waals surface area contributed by atoms with Crippen LogP contribution in [0, 0.1) is 11.3 Å². The van der Waals surface area contributed by atoms with Crippen molar-refractivity contribution in [2.75, 3.05) is 13.1 Å². The maximum absolute atomic E-state index is 12.5. The van der Waals surface area contributed by atoms with Crippen LogP contribution < -0.4 is 4.74 Å². The Morgan fingerprint density at radius 1 is 1.52 bits per heavy atom. The number of ether oxygens (including phenoxy) is 1. The molecule has 0 unspecified atom stereocenters. The van der Waals surface area contributed by atoms with Gasteiger partial charge in [0.15, 0.2) is 0 Å². The number of alkyl halides is 2. The molecule has 4 nitrogen and oxygen atoms in total. The van der Waals surface area contributed by atoms with Crippen molar-refractivity contribution >= 4 is 21.9 Å². The molecule has 2 fully saturated rings. The molecule has 0 spiro atoms. The van der Waals surface area contributed by atoms with E-state index < -0.39 is 18.0 Å². The van der Waals surface area contributed by atoms with Crippen molar-refractivity contribution in [3.63, 3.8) is 0 Å². The van der Waals surface area contributed by atoms with Crippen LogP contribution in [0.25, 0.3) is 0 Å². The summed E-state index contributed by atoms with van der Waals surface area (Å²) >= 11 is 3.34. The van der Waals surface area contributed by atoms with E-state index in [1.165, 1.54) is 6.07 Å². The minimum absolute atomic E-state index is 0.143. The number of benzene rings is 1. The molecule has 1 heterocycles. The Kier molecular flexibility index (Phi) is 4.60. The molecular weight excluding hydrogens is 372 g/mol. The second-order valence-corrected chi connectivity index (χ2v) is 7.27. The number of halogens is 3. The number of carboxylic acid groups (broad SMARTS) is 1. The summed E-state index contributed by atoms with van der Waals surface area (Å²) in [5.41, 5.74) is -0.0318. The van der Waals surface area contributed by atoms with Crippen molar-refractivity contribution in [1.29, 1.82) is 0 Å². The number of rotatable bonds is 5. The Morgan fingerprint density at radius 3 is 2.96 bits per heavy atom. The van der Waals surface area contributed by atoms with E-state index in [1.54, 1.807) is 12.1 Å². The Balaban J connectivity index is 1.78. The maximum Gasteiger partial charge on any atom is 0.387 e. The summed E-state index contributed by atoms with van der Waals surface area (Å²) in [5.74, 6) is -0.447. The highest BCUT2D eigenvalue weighted by Gasteiger charge is 2.54. The Hall–Kier alpha value is -1.21. The van der Waals surface area contributed by atoms with Gasteiger partial charge in [-0.15, -0.1) is 0 Å². The number of aliphatic carboxylic acids is 1. The lowest BCUT2D eigenvalue weighted by Crippen LogP contribution is -2.35. The van der Waals surface area contributed by atoms with Crippen LogP contribution in [-0.2, 0) is 11.3 Å².